The van der Waals surface area contributed by atoms with E-state index in [2.05, 4.69) is 10.3 Å². The summed E-state index contributed by atoms with van der Waals surface area (Å²) in [6.45, 7) is 17.6. The minimum atomic E-state index is -1.99. The van der Waals surface area contributed by atoms with Crippen molar-refractivity contribution in [1.29, 1.82) is 0 Å². The number of aliphatic hydroxyl groups excluding tert-OH is 2. The molecule has 16 heteroatoms. The molecule has 16 nitrogen and oxygen atoms in total. The second-order valence-electron chi connectivity index (χ2n) is 18.4. The van der Waals surface area contributed by atoms with E-state index in [0.717, 1.165) is 0 Å². The number of aliphatic hydroxyl groups is 2. The maximum atomic E-state index is 14.7. The number of allylic oxidation sites excluding steroid dienone is 2. The zero-order valence-corrected chi connectivity index (χ0v) is 37.5. The van der Waals surface area contributed by atoms with Crippen LogP contribution in [-0.2, 0) is 23.8 Å². The normalized spacial score (nSPS) is 36.0. The number of carbonyl (C=O) groups is 3. The lowest BCUT2D eigenvalue weighted by Crippen LogP contribution is -2.56. The van der Waals surface area contributed by atoms with Gasteiger partial charge in [0, 0.05) is 79.9 Å². The van der Waals surface area contributed by atoms with Gasteiger partial charge in [-0.1, -0.05) is 59.8 Å². The van der Waals surface area contributed by atoms with Crippen LogP contribution in [0.15, 0.2) is 46.1 Å². The van der Waals surface area contributed by atoms with E-state index in [9.17, 15) is 40.0 Å². The van der Waals surface area contributed by atoms with Gasteiger partial charge in [0.1, 0.15) is 34.0 Å². The number of phenols is 2. The number of nitrogens with one attached hydrogen (secondary N) is 1. The van der Waals surface area contributed by atoms with E-state index in [4.69, 9.17) is 23.9 Å². The third kappa shape index (κ3) is 8.47. The maximum Gasteiger partial charge on any atom is 0.312 e. The Hall–Kier alpha value is -4.87. The number of hydrogen-bond donors (Lipinski definition) is 5. The summed E-state index contributed by atoms with van der Waals surface area (Å²) in [6, 6.07) is 0. The first-order valence-electron chi connectivity index (χ1n) is 21.4. The van der Waals surface area contributed by atoms with Gasteiger partial charge in [-0.3, -0.25) is 19.4 Å². The Kier molecular flexibility index (Phi) is 13.1. The molecule has 338 valence electrons. The number of ketones is 1. The number of ether oxygens (including phenoxy) is 4. The van der Waals surface area contributed by atoms with Crippen molar-refractivity contribution in [2.75, 3.05) is 32.1 Å². The van der Waals surface area contributed by atoms with E-state index < -0.39 is 93.3 Å². The molecule has 0 radical (unpaired) electrons. The topological polar surface area (TPSA) is 229 Å². The average molecular weight is 863 g/mol. The van der Waals surface area contributed by atoms with Gasteiger partial charge in [0.25, 0.3) is 11.7 Å². The summed E-state index contributed by atoms with van der Waals surface area (Å²) in [5.74, 6) is -7.25. The van der Waals surface area contributed by atoms with Crippen molar-refractivity contribution < 1.29 is 58.4 Å². The van der Waals surface area contributed by atoms with Crippen LogP contribution in [-0.4, -0.2) is 105 Å². The molecule has 1 spiro atoms. The van der Waals surface area contributed by atoms with E-state index in [1.165, 1.54) is 53.2 Å². The number of amides is 1. The van der Waals surface area contributed by atoms with Crippen LogP contribution in [0, 0.1) is 41.7 Å². The van der Waals surface area contributed by atoms with Crippen LogP contribution in [0.5, 0.6) is 17.2 Å². The molecule has 62 heavy (non-hydrogen) atoms. The SMILES string of the molecule is COC1/C=C/OC2(C)Oc3c(C)c(O)c4c(O)c(c5c(c4c3C2=O)NC2(CC[N+]([O-])(CC(C)C)CC2)N=5)=NC(=O)/C(C)=C\C=C\C(C)C(O)C(C)C(O)C(C)C(OC(C)=O)C1C. The number of carbonyl (C=O) groups excluding carboxylic acids is 3. The number of fused-ring (bicyclic) bond motifs is 1. The first kappa shape index (κ1) is 46.6. The van der Waals surface area contributed by atoms with Crippen LogP contribution in [0.4, 0.5) is 5.69 Å². The standard InChI is InChI=1S/C46H62N4O12/c1-22(2)21-50(58)18-16-46(17-19-50)48-34-31-32-39(54)28(8)42-33(31)43(56)45(10,62-42)60-20-15-30(59-11)25(5)41(61-29(9)51)27(7)38(53)26(6)37(52)23(3)13-12-14-24(4)44(57)47-36(40(32)55)35(34)49-46/h12-15,20,22-23,25-27,30,37-38,41,48,52-55H,16-19,21H2,1-11H3/b13-12+,20-15+,24-14-,47-36?. The van der Waals surface area contributed by atoms with E-state index in [1.54, 1.807) is 39.8 Å². The molecule has 2 aromatic rings. The first-order valence-corrected chi connectivity index (χ1v) is 21.4. The van der Waals surface area contributed by atoms with Gasteiger partial charge in [0.2, 0.25) is 0 Å². The van der Waals surface area contributed by atoms with E-state index in [0.29, 0.717) is 19.4 Å². The Bertz CT molecular complexity index is 2350. The molecule has 2 aromatic carbocycles. The lowest BCUT2D eigenvalue weighted by Gasteiger charge is -2.50. The Morgan fingerprint density at radius 2 is 1.66 bits per heavy atom. The van der Waals surface area contributed by atoms with Gasteiger partial charge in [-0.15, -0.1) is 0 Å². The number of anilines is 1. The van der Waals surface area contributed by atoms with Gasteiger partial charge in [0.05, 0.1) is 60.8 Å². The molecule has 5 N–H and O–H groups in total. The van der Waals surface area contributed by atoms with Gasteiger partial charge in [-0.2, -0.15) is 0 Å². The van der Waals surface area contributed by atoms with Crippen LogP contribution >= 0.6 is 0 Å². The second kappa shape index (κ2) is 17.4. The predicted molar refractivity (Wildman–Crippen MR) is 229 cm³/mol. The fraction of sp³-hybridized carbons (Fsp3) is 0.587. The molecule has 4 aliphatic rings. The molecule has 4 aliphatic heterocycles. The number of hydroxylamine groups is 3. The number of Topliss-reactive ketones (excluding diaryl/α,β-unsaturated/α-hetero) is 1. The zero-order valence-electron chi connectivity index (χ0n) is 37.5. The molecule has 9 unspecified atom stereocenters. The van der Waals surface area contributed by atoms with Gasteiger partial charge in [-0.05, 0) is 19.9 Å². The van der Waals surface area contributed by atoms with Crippen molar-refractivity contribution in [2.24, 2.45) is 39.6 Å². The molecule has 9 atom stereocenters. The predicted octanol–water partition coefficient (Wildman–Crippen LogP) is 4.76. The molecule has 0 aliphatic carbocycles. The lowest BCUT2D eigenvalue weighted by molar-refractivity contribution is -0.889. The molecule has 6 rings (SSSR count). The number of phenolic OH excluding ortho intramolecular Hbond substituents is 2. The largest absolute Gasteiger partial charge is 0.633 e. The molecular weight excluding hydrogens is 801 g/mol. The number of aromatic hydroxyl groups is 2. The molecule has 0 aromatic heterocycles. The molecule has 0 saturated carbocycles. The van der Waals surface area contributed by atoms with Crippen molar-refractivity contribution in [1.82, 2.24) is 0 Å². The van der Waals surface area contributed by atoms with E-state index in [1.807, 2.05) is 13.8 Å². The second-order valence-corrected chi connectivity index (χ2v) is 18.4. The number of likely N-dealkylation sites (tertiary alicyclic amines) is 1. The van der Waals surface area contributed by atoms with Gasteiger partial charge in [-0.25, -0.2) is 4.99 Å². The van der Waals surface area contributed by atoms with Crippen molar-refractivity contribution in [3.63, 3.8) is 0 Å². The summed E-state index contributed by atoms with van der Waals surface area (Å²) in [6.07, 6.45) is 4.29. The fourth-order valence-electron chi connectivity index (χ4n) is 9.48. The molecule has 4 bridgehead atoms. The maximum absolute atomic E-state index is 14.7. The minimum absolute atomic E-state index is 0.00422. The average Bonchev–Trinajstić information content (AvgIpc) is 3.72. The van der Waals surface area contributed by atoms with Crippen molar-refractivity contribution >= 4 is 34.1 Å². The molecule has 1 fully saturated rings. The van der Waals surface area contributed by atoms with Crippen LogP contribution < -0.4 is 20.8 Å². The number of methoxy groups -OCH3 is 1. The summed E-state index contributed by atoms with van der Waals surface area (Å²) in [5, 5.41) is 63.9. The highest BCUT2D eigenvalue weighted by molar-refractivity contribution is 6.21. The molecule has 1 amide bonds. The van der Waals surface area contributed by atoms with E-state index in [-0.39, 0.29) is 68.6 Å². The summed E-state index contributed by atoms with van der Waals surface area (Å²) in [5.41, 5.74) is -0.541. The highest BCUT2D eigenvalue weighted by atomic mass is 16.7. The van der Waals surface area contributed by atoms with Gasteiger partial charge < -0.3 is 54.5 Å². The number of quaternary nitrogens is 1. The number of nitrogens with zero attached hydrogens (tertiary/aromatic N) is 3. The number of benzene rings is 2. The lowest BCUT2D eigenvalue weighted by atomic mass is 9.78. The first-order chi connectivity index (χ1) is 29.0. The summed E-state index contributed by atoms with van der Waals surface area (Å²) in [4.78, 5) is 50.4. The van der Waals surface area contributed by atoms with Crippen molar-refractivity contribution in [3.05, 3.63) is 63.2 Å². The Labute approximate surface area is 361 Å². The number of hydrogen-bond acceptors (Lipinski definition) is 14. The van der Waals surface area contributed by atoms with E-state index >= 15 is 0 Å². The molecule has 4 heterocycles. The number of esters is 1. The quantitative estimate of drug-likeness (QED) is 0.121. The highest BCUT2D eigenvalue weighted by Gasteiger charge is 2.51. The third-order valence-corrected chi connectivity index (χ3v) is 13.2. The number of rotatable bonds is 4. The van der Waals surface area contributed by atoms with Crippen LogP contribution in [0.2, 0.25) is 0 Å². The highest BCUT2D eigenvalue weighted by Crippen LogP contribution is 2.51. The van der Waals surface area contributed by atoms with Gasteiger partial charge >= 0.3 is 11.8 Å². The zero-order chi connectivity index (χ0) is 45.8. The smallest absolute Gasteiger partial charge is 0.312 e. The van der Waals surface area contributed by atoms with Crippen LogP contribution in [0.1, 0.15) is 91.1 Å². The summed E-state index contributed by atoms with van der Waals surface area (Å²) in [7, 11) is 1.45. The molecule has 1 saturated heterocycles. The Balaban J connectivity index is 1.56. The van der Waals surface area contributed by atoms with Crippen molar-refractivity contribution in [3.8, 4) is 17.2 Å². The third-order valence-electron chi connectivity index (χ3n) is 13.2. The Morgan fingerprint density at radius 1 is 1.00 bits per heavy atom. The Morgan fingerprint density at radius 3 is 2.27 bits per heavy atom. The molecular formula is C46H62N4O12. The summed E-state index contributed by atoms with van der Waals surface area (Å²) >= 11 is 0. The van der Waals surface area contributed by atoms with Crippen molar-refractivity contribution in [2.45, 2.75) is 118 Å². The fourth-order valence-corrected chi connectivity index (χ4v) is 9.48. The van der Waals surface area contributed by atoms with Gasteiger partial charge in [0.15, 0.2) is 5.75 Å². The number of piperidine rings is 1. The van der Waals surface area contributed by atoms with Crippen LogP contribution in [0.3, 0.4) is 0 Å². The monoisotopic (exact) mass is 862 g/mol. The summed E-state index contributed by atoms with van der Waals surface area (Å²) < 4.78 is 23.5. The minimum Gasteiger partial charge on any atom is -0.633 e. The van der Waals surface area contributed by atoms with Crippen LogP contribution in [0.25, 0.3) is 10.8 Å².